The SMILES string of the molecule is CC(C)(C)OC(=O)N1CCC(c2noc(/C=C/c3ccncc3)n2)CC1. The Bertz CT molecular complexity index is 757. The fraction of sp³-hybridized carbons (Fsp3) is 0.474. The first-order valence-corrected chi connectivity index (χ1v) is 8.80. The van der Waals surface area contributed by atoms with Gasteiger partial charge in [0.25, 0.3) is 5.89 Å². The molecule has 2 aromatic heterocycles. The van der Waals surface area contributed by atoms with Gasteiger partial charge < -0.3 is 14.2 Å². The molecule has 0 unspecified atom stereocenters. The Morgan fingerprint density at radius 3 is 2.58 bits per heavy atom. The third-order valence-corrected chi connectivity index (χ3v) is 4.09. The van der Waals surface area contributed by atoms with Crippen molar-refractivity contribution in [3.63, 3.8) is 0 Å². The van der Waals surface area contributed by atoms with Gasteiger partial charge in [0.2, 0.25) is 0 Å². The van der Waals surface area contributed by atoms with E-state index in [0.29, 0.717) is 24.8 Å². The molecule has 7 heteroatoms. The largest absolute Gasteiger partial charge is 0.444 e. The maximum absolute atomic E-state index is 12.1. The lowest BCUT2D eigenvalue weighted by Gasteiger charge is -2.32. The second-order valence-electron chi connectivity index (χ2n) is 7.35. The number of hydrogen-bond acceptors (Lipinski definition) is 6. The zero-order chi connectivity index (χ0) is 18.6. The highest BCUT2D eigenvalue weighted by Gasteiger charge is 2.29. The number of nitrogens with zero attached hydrogens (tertiary/aromatic N) is 4. The Labute approximate surface area is 153 Å². The van der Waals surface area contributed by atoms with Crippen LogP contribution in [0.2, 0.25) is 0 Å². The molecule has 3 rings (SSSR count). The number of piperidine rings is 1. The van der Waals surface area contributed by atoms with Crippen molar-refractivity contribution in [1.82, 2.24) is 20.0 Å². The fourth-order valence-electron chi connectivity index (χ4n) is 2.77. The molecular weight excluding hydrogens is 332 g/mol. The number of pyridine rings is 1. The summed E-state index contributed by atoms with van der Waals surface area (Å²) in [7, 11) is 0. The Balaban J connectivity index is 1.55. The van der Waals surface area contributed by atoms with E-state index in [2.05, 4.69) is 15.1 Å². The zero-order valence-electron chi connectivity index (χ0n) is 15.4. The van der Waals surface area contributed by atoms with Gasteiger partial charge in [0.1, 0.15) is 5.60 Å². The van der Waals surface area contributed by atoms with E-state index in [1.807, 2.05) is 39.0 Å². The van der Waals surface area contributed by atoms with E-state index in [9.17, 15) is 4.79 Å². The average Bonchev–Trinajstić information content (AvgIpc) is 3.08. The molecule has 26 heavy (non-hydrogen) atoms. The van der Waals surface area contributed by atoms with Gasteiger partial charge in [0, 0.05) is 37.5 Å². The Hall–Kier alpha value is -2.70. The number of hydrogen-bond donors (Lipinski definition) is 0. The molecule has 7 nitrogen and oxygen atoms in total. The predicted octanol–water partition coefficient (Wildman–Crippen LogP) is 3.75. The van der Waals surface area contributed by atoms with Gasteiger partial charge in [0.15, 0.2) is 5.82 Å². The summed E-state index contributed by atoms with van der Waals surface area (Å²) in [5.41, 5.74) is 0.544. The van der Waals surface area contributed by atoms with Crippen LogP contribution in [0.4, 0.5) is 4.79 Å². The summed E-state index contributed by atoms with van der Waals surface area (Å²) in [6.07, 6.45) is 8.50. The average molecular weight is 356 g/mol. The number of amides is 1. The molecule has 0 spiro atoms. The molecule has 0 N–H and O–H groups in total. The van der Waals surface area contributed by atoms with Crippen LogP contribution in [0.15, 0.2) is 29.0 Å². The summed E-state index contributed by atoms with van der Waals surface area (Å²) in [6, 6.07) is 3.81. The van der Waals surface area contributed by atoms with Crippen LogP contribution in [0.3, 0.4) is 0 Å². The van der Waals surface area contributed by atoms with E-state index in [1.54, 1.807) is 23.4 Å². The summed E-state index contributed by atoms with van der Waals surface area (Å²) < 4.78 is 10.7. The van der Waals surface area contributed by atoms with Crippen LogP contribution in [-0.2, 0) is 4.74 Å². The summed E-state index contributed by atoms with van der Waals surface area (Å²) in [4.78, 5) is 22.3. The van der Waals surface area contributed by atoms with E-state index in [-0.39, 0.29) is 12.0 Å². The van der Waals surface area contributed by atoms with Gasteiger partial charge in [-0.05, 0) is 57.4 Å². The fourth-order valence-corrected chi connectivity index (χ4v) is 2.77. The van der Waals surface area contributed by atoms with Crippen LogP contribution < -0.4 is 0 Å². The van der Waals surface area contributed by atoms with Crippen molar-refractivity contribution in [2.45, 2.75) is 45.1 Å². The van der Waals surface area contributed by atoms with Gasteiger partial charge >= 0.3 is 6.09 Å². The van der Waals surface area contributed by atoms with Crippen LogP contribution in [-0.4, -0.2) is 44.8 Å². The molecule has 0 aromatic carbocycles. The summed E-state index contributed by atoms with van der Waals surface area (Å²) >= 11 is 0. The first-order valence-electron chi connectivity index (χ1n) is 8.80. The number of rotatable bonds is 3. The molecule has 138 valence electrons. The Morgan fingerprint density at radius 2 is 1.92 bits per heavy atom. The molecule has 0 aliphatic carbocycles. The normalized spacial score (nSPS) is 16.2. The quantitative estimate of drug-likeness (QED) is 0.833. The van der Waals surface area contributed by atoms with Gasteiger partial charge in [0.05, 0.1) is 0 Å². The van der Waals surface area contributed by atoms with Crippen LogP contribution >= 0.6 is 0 Å². The van der Waals surface area contributed by atoms with Gasteiger partial charge in [-0.3, -0.25) is 4.98 Å². The number of carbonyl (C=O) groups is 1. The highest BCUT2D eigenvalue weighted by atomic mass is 16.6. The topological polar surface area (TPSA) is 81.4 Å². The monoisotopic (exact) mass is 356 g/mol. The van der Waals surface area contributed by atoms with E-state index >= 15 is 0 Å². The van der Waals surface area contributed by atoms with Crippen LogP contribution in [0.5, 0.6) is 0 Å². The lowest BCUT2D eigenvalue weighted by atomic mass is 9.96. The number of aromatic nitrogens is 3. The molecule has 3 heterocycles. The molecule has 1 fully saturated rings. The van der Waals surface area contributed by atoms with Crippen molar-refractivity contribution in [1.29, 1.82) is 0 Å². The molecular formula is C19H24N4O3. The summed E-state index contributed by atoms with van der Waals surface area (Å²) in [6.45, 7) is 6.89. The minimum absolute atomic E-state index is 0.195. The highest BCUT2D eigenvalue weighted by molar-refractivity contribution is 5.68. The van der Waals surface area contributed by atoms with Crippen molar-refractivity contribution in [3.05, 3.63) is 41.8 Å². The van der Waals surface area contributed by atoms with Crippen LogP contribution in [0, 0.1) is 0 Å². The van der Waals surface area contributed by atoms with E-state index in [4.69, 9.17) is 9.26 Å². The smallest absolute Gasteiger partial charge is 0.410 e. The lowest BCUT2D eigenvalue weighted by molar-refractivity contribution is 0.0203. The predicted molar refractivity (Wildman–Crippen MR) is 97.2 cm³/mol. The summed E-state index contributed by atoms with van der Waals surface area (Å²) in [5, 5.41) is 4.10. The highest BCUT2D eigenvalue weighted by Crippen LogP contribution is 2.27. The van der Waals surface area contributed by atoms with E-state index in [0.717, 1.165) is 18.4 Å². The maximum Gasteiger partial charge on any atom is 0.410 e. The van der Waals surface area contributed by atoms with Gasteiger partial charge in [-0.15, -0.1) is 0 Å². The van der Waals surface area contributed by atoms with Crippen LogP contribution in [0.25, 0.3) is 12.2 Å². The minimum atomic E-state index is -0.475. The maximum atomic E-state index is 12.1. The molecule has 1 aliphatic rings. The Kier molecular flexibility index (Phi) is 5.35. The van der Waals surface area contributed by atoms with Crippen molar-refractivity contribution in [3.8, 4) is 0 Å². The van der Waals surface area contributed by atoms with Gasteiger partial charge in [-0.25, -0.2) is 4.79 Å². The first kappa shape index (κ1) is 18.1. The van der Waals surface area contributed by atoms with Crippen molar-refractivity contribution >= 4 is 18.2 Å². The molecule has 1 saturated heterocycles. The van der Waals surface area contributed by atoms with E-state index < -0.39 is 5.60 Å². The molecule has 0 radical (unpaired) electrons. The third-order valence-electron chi connectivity index (χ3n) is 4.09. The molecule has 0 saturated carbocycles. The second kappa shape index (κ2) is 7.68. The standard InChI is InChI=1S/C19H24N4O3/c1-19(2,3)25-18(24)23-12-8-15(9-13-23)17-21-16(26-22-17)5-4-14-6-10-20-11-7-14/h4-7,10-11,15H,8-9,12-13H2,1-3H3/b5-4+. The molecule has 2 aromatic rings. The summed E-state index contributed by atoms with van der Waals surface area (Å²) in [5.74, 6) is 1.37. The van der Waals surface area contributed by atoms with Crippen molar-refractivity contribution < 1.29 is 14.1 Å². The third kappa shape index (κ3) is 4.91. The molecule has 1 aliphatic heterocycles. The van der Waals surface area contributed by atoms with Crippen LogP contribution in [0.1, 0.15) is 56.8 Å². The molecule has 0 atom stereocenters. The molecule has 1 amide bonds. The zero-order valence-corrected chi connectivity index (χ0v) is 15.4. The molecule has 0 bridgehead atoms. The minimum Gasteiger partial charge on any atom is -0.444 e. The number of carbonyl (C=O) groups excluding carboxylic acids is 1. The second-order valence-corrected chi connectivity index (χ2v) is 7.35. The van der Waals surface area contributed by atoms with Gasteiger partial charge in [-0.1, -0.05) is 5.16 Å². The van der Waals surface area contributed by atoms with E-state index in [1.165, 1.54) is 0 Å². The van der Waals surface area contributed by atoms with Crippen molar-refractivity contribution in [2.24, 2.45) is 0 Å². The van der Waals surface area contributed by atoms with Gasteiger partial charge in [-0.2, -0.15) is 4.98 Å². The number of likely N-dealkylation sites (tertiary alicyclic amines) is 1. The van der Waals surface area contributed by atoms with Crippen molar-refractivity contribution in [2.75, 3.05) is 13.1 Å². The lowest BCUT2D eigenvalue weighted by Crippen LogP contribution is -2.41. The number of ether oxygens (including phenoxy) is 1. The first-order chi connectivity index (χ1) is 12.4. The Morgan fingerprint density at radius 1 is 1.23 bits per heavy atom.